The number of piperidine rings is 1. The summed E-state index contributed by atoms with van der Waals surface area (Å²) in [6.07, 6.45) is 6.99. The quantitative estimate of drug-likeness (QED) is 0.212. The number of likely N-dealkylation sites (tertiary alicyclic amines) is 1. The zero-order valence-corrected chi connectivity index (χ0v) is 22.3. The number of hydrogen-bond donors (Lipinski definition) is 0. The number of carbonyl (C=O) groups is 1. The van der Waals surface area contributed by atoms with E-state index in [1.807, 2.05) is 66.9 Å². The van der Waals surface area contributed by atoms with E-state index in [2.05, 4.69) is 21.6 Å². The summed E-state index contributed by atoms with van der Waals surface area (Å²) in [5, 5.41) is 1.85. The van der Waals surface area contributed by atoms with Crippen LogP contribution in [-0.4, -0.2) is 42.0 Å². The molecule has 1 aromatic heterocycles. The van der Waals surface area contributed by atoms with E-state index in [0.29, 0.717) is 12.3 Å². The first-order chi connectivity index (χ1) is 18.1. The van der Waals surface area contributed by atoms with Crippen LogP contribution >= 0.6 is 11.6 Å². The van der Waals surface area contributed by atoms with Crippen LogP contribution in [0.4, 0.5) is 0 Å². The minimum Gasteiger partial charge on any atom is -0.495 e. The molecule has 0 amide bonds. The van der Waals surface area contributed by atoms with Gasteiger partial charge in [0.15, 0.2) is 5.78 Å². The number of rotatable bonds is 10. The summed E-state index contributed by atoms with van der Waals surface area (Å²) in [5.74, 6) is 1.60. The van der Waals surface area contributed by atoms with Crippen molar-refractivity contribution in [3.8, 4) is 5.75 Å². The molecule has 0 radical (unpaired) electrons. The lowest BCUT2D eigenvalue weighted by Crippen LogP contribution is -2.37. The molecule has 1 fully saturated rings. The summed E-state index contributed by atoms with van der Waals surface area (Å²) in [6.45, 7) is 4.15. The van der Waals surface area contributed by atoms with E-state index in [1.165, 1.54) is 18.4 Å². The first kappa shape index (κ1) is 25.6. The highest BCUT2D eigenvalue weighted by molar-refractivity contribution is 6.31. The van der Waals surface area contributed by atoms with Crippen molar-refractivity contribution in [3.05, 3.63) is 101 Å². The largest absolute Gasteiger partial charge is 0.495 e. The molecule has 5 rings (SSSR count). The number of methoxy groups -OCH3 is 1. The van der Waals surface area contributed by atoms with Crippen LogP contribution in [0.25, 0.3) is 10.9 Å². The molecule has 4 nitrogen and oxygen atoms in total. The van der Waals surface area contributed by atoms with Crippen LogP contribution in [0.5, 0.6) is 5.75 Å². The van der Waals surface area contributed by atoms with Crippen molar-refractivity contribution in [2.45, 2.75) is 38.6 Å². The second-order valence-corrected chi connectivity index (χ2v) is 10.5. The molecular weight excluding hydrogens is 480 g/mol. The Morgan fingerprint density at radius 2 is 1.81 bits per heavy atom. The van der Waals surface area contributed by atoms with Crippen LogP contribution in [0.2, 0.25) is 5.02 Å². The molecule has 2 heterocycles. The highest BCUT2D eigenvalue weighted by Gasteiger charge is 2.22. The Labute approximate surface area is 224 Å². The molecule has 1 atom stereocenters. The van der Waals surface area contributed by atoms with E-state index in [1.54, 1.807) is 7.11 Å². The van der Waals surface area contributed by atoms with E-state index in [9.17, 15) is 4.79 Å². The summed E-state index contributed by atoms with van der Waals surface area (Å²) in [7, 11) is 1.70. The SMILES string of the molecule is COc1cccc2c(C(=O)Cc3ccccc3)cn(CCCN3CCCC(Cc4ccccc4Cl)C3)c12. The third-order valence-corrected chi connectivity index (χ3v) is 7.90. The summed E-state index contributed by atoms with van der Waals surface area (Å²) >= 11 is 6.42. The maximum Gasteiger partial charge on any atom is 0.169 e. The van der Waals surface area contributed by atoms with E-state index >= 15 is 0 Å². The van der Waals surface area contributed by atoms with Gasteiger partial charge in [0.25, 0.3) is 0 Å². The highest BCUT2D eigenvalue weighted by atomic mass is 35.5. The molecule has 0 saturated carbocycles. The maximum atomic E-state index is 13.3. The van der Waals surface area contributed by atoms with E-state index in [-0.39, 0.29) is 5.78 Å². The van der Waals surface area contributed by atoms with Gasteiger partial charge in [0.2, 0.25) is 0 Å². The molecule has 1 aliphatic rings. The number of Topliss-reactive ketones (excluding diaryl/α,β-unsaturated/α-hetero) is 1. The average Bonchev–Trinajstić information content (AvgIpc) is 3.30. The van der Waals surface area contributed by atoms with Crippen LogP contribution in [-0.2, 0) is 19.4 Å². The van der Waals surface area contributed by atoms with Crippen LogP contribution in [0.15, 0.2) is 79.0 Å². The summed E-state index contributed by atoms with van der Waals surface area (Å²) < 4.78 is 7.92. The van der Waals surface area contributed by atoms with E-state index in [0.717, 1.165) is 71.8 Å². The second kappa shape index (κ2) is 12.0. The Bertz CT molecular complexity index is 1350. The van der Waals surface area contributed by atoms with Crippen molar-refractivity contribution in [1.82, 2.24) is 9.47 Å². The smallest absolute Gasteiger partial charge is 0.169 e. The Kier molecular flexibility index (Phi) is 8.28. The summed E-state index contributed by atoms with van der Waals surface area (Å²) in [4.78, 5) is 15.9. The van der Waals surface area contributed by atoms with Crippen molar-refractivity contribution in [2.75, 3.05) is 26.7 Å². The van der Waals surface area contributed by atoms with Crippen LogP contribution in [0, 0.1) is 5.92 Å². The molecule has 1 saturated heterocycles. The molecule has 0 bridgehead atoms. The third kappa shape index (κ3) is 6.08. The summed E-state index contributed by atoms with van der Waals surface area (Å²) in [6, 6.07) is 24.2. The van der Waals surface area contributed by atoms with Gasteiger partial charge in [-0.15, -0.1) is 0 Å². The number of aryl methyl sites for hydroxylation is 1. The lowest BCUT2D eigenvalue weighted by atomic mass is 9.91. The van der Waals surface area contributed by atoms with Crippen molar-refractivity contribution >= 4 is 28.3 Å². The zero-order valence-electron chi connectivity index (χ0n) is 21.5. The number of halogens is 1. The normalized spacial score (nSPS) is 16.2. The van der Waals surface area contributed by atoms with Crippen LogP contribution in [0.3, 0.4) is 0 Å². The van der Waals surface area contributed by atoms with E-state index < -0.39 is 0 Å². The lowest BCUT2D eigenvalue weighted by molar-refractivity contribution is 0.0994. The number of para-hydroxylation sites is 1. The average molecular weight is 515 g/mol. The fourth-order valence-electron chi connectivity index (χ4n) is 5.73. The van der Waals surface area contributed by atoms with Gasteiger partial charge >= 0.3 is 0 Å². The molecule has 1 unspecified atom stereocenters. The number of aromatic nitrogens is 1. The minimum atomic E-state index is 0.140. The number of fused-ring (bicyclic) bond motifs is 1. The minimum absolute atomic E-state index is 0.140. The summed E-state index contributed by atoms with van der Waals surface area (Å²) in [5.41, 5.74) is 4.08. The predicted octanol–water partition coefficient (Wildman–Crippen LogP) is 7.07. The Morgan fingerprint density at radius 3 is 2.62 bits per heavy atom. The fraction of sp³-hybridized carbons (Fsp3) is 0.344. The van der Waals surface area contributed by atoms with Crippen molar-refractivity contribution in [1.29, 1.82) is 0 Å². The van der Waals surface area contributed by atoms with Crippen LogP contribution in [0.1, 0.15) is 40.7 Å². The van der Waals surface area contributed by atoms with Crippen LogP contribution < -0.4 is 4.74 Å². The van der Waals surface area contributed by atoms with Gasteiger partial charge < -0.3 is 14.2 Å². The second-order valence-electron chi connectivity index (χ2n) is 10.1. The molecule has 5 heteroatoms. The van der Waals surface area contributed by atoms with Gasteiger partial charge in [0.05, 0.1) is 12.6 Å². The Hall–Kier alpha value is -3.08. The molecule has 1 aliphatic heterocycles. The number of ketones is 1. The standard InChI is InChI=1S/C32H35ClN2O2/c1-37-31-16-7-14-27-28(30(36)21-24-10-3-2-4-11-24)23-35(32(27)31)19-9-18-34-17-8-12-25(22-34)20-26-13-5-6-15-29(26)33/h2-7,10-11,13-16,23,25H,8-9,12,17-22H2,1H3. The molecule has 0 spiro atoms. The predicted molar refractivity (Wildman–Crippen MR) is 152 cm³/mol. The maximum absolute atomic E-state index is 13.3. The van der Waals surface area contributed by atoms with Gasteiger partial charge in [-0.05, 0) is 68.0 Å². The van der Waals surface area contributed by atoms with Gasteiger partial charge in [-0.3, -0.25) is 4.79 Å². The highest BCUT2D eigenvalue weighted by Crippen LogP contribution is 2.31. The number of nitrogens with zero attached hydrogens (tertiary/aromatic N) is 2. The van der Waals surface area contributed by atoms with Crippen molar-refractivity contribution in [3.63, 3.8) is 0 Å². The van der Waals surface area contributed by atoms with E-state index in [4.69, 9.17) is 16.3 Å². The van der Waals surface area contributed by atoms with Crippen molar-refractivity contribution in [2.24, 2.45) is 5.92 Å². The monoisotopic (exact) mass is 514 g/mol. The molecule has 0 N–H and O–H groups in total. The number of hydrogen-bond acceptors (Lipinski definition) is 3. The topological polar surface area (TPSA) is 34.5 Å². The molecule has 0 aliphatic carbocycles. The third-order valence-electron chi connectivity index (χ3n) is 7.53. The molecular formula is C32H35ClN2O2. The number of benzene rings is 3. The molecule has 192 valence electrons. The zero-order chi connectivity index (χ0) is 25.6. The first-order valence-corrected chi connectivity index (χ1v) is 13.7. The van der Waals surface area contributed by atoms with Gasteiger partial charge in [-0.1, -0.05) is 72.3 Å². The van der Waals surface area contributed by atoms with Gasteiger partial charge in [-0.2, -0.15) is 0 Å². The number of carbonyl (C=O) groups excluding carboxylic acids is 1. The van der Waals surface area contributed by atoms with Crippen molar-refractivity contribution < 1.29 is 9.53 Å². The van der Waals surface area contributed by atoms with Gasteiger partial charge in [-0.25, -0.2) is 0 Å². The fourth-order valence-corrected chi connectivity index (χ4v) is 5.94. The molecule has 37 heavy (non-hydrogen) atoms. The lowest BCUT2D eigenvalue weighted by Gasteiger charge is -2.33. The van der Waals surface area contributed by atoms with Gasteiger partial charge in [0, 0.05) is 41.7 Å². The Balaban J connectivity index is 1.26. The van der Waals surface area contributed by atoms with Gasteiger partial charge in [0.1, 0.15) is 5.75 Å². The Morgan fingerprint density at radius 1 is 1.00 bits per heavy atom. The number of ether oxygens (including phenoxy) is 1. The molecule has 3 aromatic carbocycles. The first-order valence-electron chi connectivity index (χ1n) is 13.3. The molecule has 4 aromatic rings.